The lowest BCUT2D eigenvalue weighted by Crippen LogP contribution is -2.04. The van der Waals surface area contributed by atoms with Gasteiger partial charge in [0.25, 0.3) is 0 Å². The van der Waals surface area contributed by atoms with Crippen LogP contribution in [0.2, 0.25) is 0 Å². The van der Waals surface area contributed by atoms with Crippen molar-refractivity contribution in [2.45, 2.75) is 20.3 Å². The van der Waals surface area contributed by atoms with Crippen molar-refractivity contribution in [3.63, 3.8) is 0 Å². The van der Waals surface area contributed by atoms with Crippen LogP contribution in [0.15, 0.2) is 24.3 Å². The third kappa shape index (κ3) is 2.42. The second-order valence-corrected chi connectivity index (χ2v) is 4.09. The van der Waals surface area contributed by atoms with Gasteiger partial charge < -0.3 is 9.84 Å². The van der Waals surface area contributed by atoms with Crippen molar-refractivity contribution in [3.05, 3.63) is 35.5 Å². The van der Waals surface area contributed by atoms with Crippen molar-refractivity contribution in [3.8, 4) is 5.75 Å². The summed E-state index contributed by atoms with van der Waals surface area (Å²) in [5, 5.41) is 9.83. The van der Waals surface area contributed by atoms with Crippen LogP contribution in [0.3, 0.4) is 0 Å². The topological polar surface area (TPSA) is 59.4 Å². The molecule has 0 spiro atoms. The van der Waals surface area contributed by atoms with E-state index in [1.165, 1.54) is 0 Å². The molecule has 0 bridgehead atoms. The number of para-hydroxylation sites is 1. The first-order valence-electron chi connectivity index (χ1n) is 5.85. The summed E-state index contributed by atoms with van der Waals surface area (Å²) in [5.41, 5.74) is 2.30. The summed E-state index contributed by atoms with van der Waals surface area (Å²) in [7, 11) is 0. The van der Waals surface area contributed by atoms with Crippen LogP contribution in [-0.4, -0.2) is 22.7 Å². The molecular formula is C14H15NO3. The Kier molecular flexibility index (Phi) is 3.46. The number of aryl methyl sites for hydroxylation is 1. The van der Waals surface area contributed by atoms with Gasteiger partial charge in [-0.25, -0.2) is 4.98 Å². The summed E-state index contributed by atoms with van der Waals surface area (Å²) < 4.78 is 5.52. The van der Waals surface area contributed by atoms with Gasteiger partial charge in [-0.05, 0) is 31.5 Å². The van der Waals surface area contributed by atoms with Crippen LogP contribution in [0.25, 0.3) is 10.9 Å². The number of aromatic nitrogens is 1. The first kappa shape index (κ1) is 12.4. The summed E-state index contributed by atoms with van der Waals surface area (Å²) in [4.78, 5) is 15.1. The Hall–Kier alpha value is -2.10. The molecule has 1 aromatic heterocycles. The number of hydrogen-bond acceptors (Lipinski definition) is 3. The van der Waals surface area contributed by atoms with Gasteiger partial charge in [0.2, 0.25) is 0 Å². The molecule has 4 heteroatoms. The number of aliphatic carboxylic acids is 1. The van der Waals surface area contributed by atoms with Crippen LogP contribution < -0.4 is 4.74 Å². The zero-order valence-electron chi connectivity index (χ0n) is 10.4. The van der Waals surface area contributed by atoms with Crippen LogP contribution in [0, 0.1) is 6.92 Å². The predicted molar refractivity (Wildman–Crippen MR) is 69.0 cm³/mol. The lowest BCUT2D eigenvalue weighted by Gasteiger charge is -2.10. The Morgan fingerprint density at radius 3 is 2.89 bits per heavy atom. The van der Waals surface area contributed by atoms with E-state index < -0.39 is 5.97 Å². The molecule has 1 heterocycles. The van der Waals surface area contributed by atoms with Crippen LogP contribution in [-0.2, 0) is 11.2 Å². The molecule has 0 amide bonds. The molecule has 0 unspecified atom stereocenters. The van der Waals surface area contributed by atoms with Gasteiger partial charge >= 0.3 is 5.97 Å². The Balaban J connectivity index is 2.60. The van der Waals surface area contributed by atoms with Crippen molar-refractivity contribution < 1.29 is 14.6 Å². The number of pyridine rings is 1. The molecule has 2 rings (SSSR count). The summed E-state index contributed by atoms with van der Waals surface area (Å²) in [6.45, 7) is 4.42. The molecule has 0 aliphatic rings. The second-order valence-electron chi connectivity index (χ2n) is 4.09. The smallest absolute Gasteiger partial charge is 0.309 e. The van der Waals surface area contributed by atoms with Crippen molar-refractivity contribution in [2.75, 3.05) is 6.61 Å². The summed E-state index contributed by atoms with van der Waals surface area (Å²) in [5.74, 6) is -0.180. The SMILES string of the molecule is CCOc1cccc2c(C)cc(CC(=O)O)nc12. The Morgan fingerprint density at radius 1 is 1.44 bits per heavy atom. The maximum Gasteiger partial charge on any atom is 0.309 e. The highest BCUT2D eigenvalue weighted by atomic mass is 16.5. The molecule has 0 atom stereocenters. The van der Waals surface area contributed by atoms with Crippen molar-refractivity contribution in [1.29, 1.82) is 0 Å². The minimum atomic E-state index is -0.879. The van der Waals surface area contributed by atoms with Crippen molar-refractivity contribution in [1.82, 2.24) is 4.98 Å². The molecule has 1 aromatic carbocycles. The first-order chi connectivity index (χ1) is 8.61. The molecule has 0 saturated carbocycles. The van der Waals surface area contributed by atoms with Crippen LogP contribution in [0.4, 0.5) is 0 Å². The van der Waals surface area contributed by atoms with E-state index in [2.05, 4.69) is 4.98 Å². The second kappa shape index (κ2) is 5.04. The van der Waals surface area contributed by atoms with Gasteiger partial charge in [0.1, 0.15) is 11.3 Å². The number of nitrogens with zero attached hydrogens (tertiary/aromatic N) is 1. The Bertz CT molecular complexity index is 593. The molecule has 94 valence electrons. The molecule has 18 heavy (non-hydrogen) atoms. The fraction of sp³-hybridized carbons (Fsp3) is 0.286. The minimum absolute atomic E-state index is 0.0722. The predicted octanol–water partition coefficient (Wildman–Crippen LogP) is 2.57. The highest BCUT2D eigenvalue weighted by molar-refractivity contribution is 5.88. The molecule has 2 aromatic rings. The normalized spacial score (nSPS) is 10.6. The van der Waals surface area contributed by atoms with E-state index in [4.69, 9.17) is 9.84 Å². The Labute approximate surface area is 105 Å². The fourth-order valence-corrected chi connectivity index (χ4v) is 1.98. The summed E-state index contributed by atoms with van der Waals surface area (Å²) in [6.07, 6.45) is -0.0722. The van der Waals surface area contributed by atoms with E-state index in [9.17, 15) is 4.79 Å². The van der Waals surface area contributed by atoms with Crippen LogP contribution >= 0.6 is 0 Å². The summed E-state index contributed by atoms with van der Waals surface area (Å²) in [6, 6.07) is 7.54. The van der Waals surface area contributed by atoms with Gasteiger partial charge in [-0.2, -0.15) is 0 Å². The molecule has 1 N–H and O–H groups in total. The highest BCUT2D eigenvalue weighted by Crippen LogP contribution is 2.26. The number of benzene rings is 1. The number of carboxylic acids is 1. The van der Waals surface area contributed by atoms with Gasteiger partial charge in [-0.1, -0.05) is 12.1 Å². The minimum Gasteiger partial charge on any atom is -0.492 e. The molecule has 0 aliphatic heterocycles. The fourth-order valence-electron chi connectivity index (χ4n) is 1.98. The maximum absolute atomic E-state index is 10.8. The number of carboxylic acid groups (broad SMARTS) is 1. The molecule has 4 nitrogen and oxygen atoms in total. The number of rotatable bonds is 4. The van der Waals surface area contributed by atoms with Gasteiger partial charge in [0, 0.05) is 5.39 Å². The molecular weight excluding hydrogens is 230 g/mol. The van der Waals surface area contributed by atoms with E-state index in [1.807, 2.05) is 38.1 Å². The molecule has 0 radical (unpaired) electrons. The third-order valence-corrected chi connectivity index (χ3v) is 2.69. The summed E-state index contributed by atoms with van der Waals surface area (Å²) >= 11 is 0. The monoisotopic (exact) mass is 245 g/mol. The van der Waals surface area contributed by atoms with Gasteiger partial charge in [0.05, 0.1) is 18.7 Å². The maximum atomic E-state index is 10.8. The zero-order valence-corrected chi connectivity index (χ0v) is 10.4. The van der Waals surface area contributed by atoms with E-state index in [1.54, 1.807) is 0 Å². The lowest BCUT2D eigenvalue weighted by molar-refractivity contribution is -0.136. The largest absolute Gasteiger partial charge is 0.492 e. The average Bonchev–Trinajstić information content (AvgIpc) is 2.30. The quantitative estimate of drug-likeness (QED) is 0.899. The van der Waals surface area contributed by atoms with E-state index in [-0.39, 0.29) is 6.42 Å². The first-order valence-corrected chi connectivity index (χ1v) is 5.85. The van der Waals surface area contributed by atoms with Crippen LogP contribution in [0.5, 0.6) is 5.75 Å². The standard InChI is InChI=1S/C14H15NO3/c1-3-18-12-6-4-5-11-9(2)7-10(8-13(16)17)15-14(11)12/h4-7H,3,8H2,1-2H3,(H,16,17). The van der Waals surface area contributed by atoms with Crippen molar-refractivity contribution in [2.24, 2.45) is 0 Å². The van der Waals surface area contributed by atoms with Crippen LogP contribution in [0.1, 0.15) is 18.2 Å². The van der Waals surface area contributed by atoms with E-state index in [0.717, 1.165) is 16.5 Å². The van der Waals surface area contributed by atoms with Gasteiger partial charge in [0.15, 0.2) is 0 Å². The van der Waals surface area contributed by atoms with E-state index in [0.29, 0.717) is 18.1 Å². The van der Waals surface area contributed by atoms with Gasteiger partial charge in [-0.3, -0.25) is 4.79 Å². The molecule has 0 aliphatic carbocycles. The zero-order chi connectivity index (χ0) is 13.1. The van der Waals surface area contributed by atoms with Crippen molar-refractivity contribution >= 4 is 16.9 Å². The number of hydrogen-bond donors (Lipinski definition) is 1. The Morgan fingerprint density at radius 2 is 2.22 bits per heavy atom. The van der Waals surface area contributed by atoms with Gasteiger partial charge in [-0.15, -0.1) is 0 Å². The molecule has 0 fully saturated rings. The average molecular weight is 245 g/mol. The lowest BCUT2D eigenvalue weighted by atomic mass is 10.1. The third-order valence-electron chi connectivity index (χ3n) is 2.69. The highest BCUT2D eigenvalue weighted by Gasteiger charge is 2.09. The molecule has 0 saturated heterocycles. The van der Waals surface area contributed by atoms with E-state index >= 15 is 0 Å². The number of fused-ring (bicyclic) bond motifs is 1. The number of ether oxygens (including phenoxy) is 1. The number of carbonyl (C=O) groups is 1.